The minimum absolute atomic E-state index is 0.239. The normalized spacial score (nSPS) is 18.6. The summed E-state index contributed by atoms with van der Waals surface area (Å²) in [4.78, 5) is 2.38. The number of likely N-dealkylation sites (N-methyl/N-ethyl adjacent to an activating group) is 1. The molecule has 1 aliphatic rings. The van der Waals surface area contributed by atoms with Gasteiger partial charge in [0, 0.05) is 12.4 Å². The molecule has 0 aromatic heterocycles. The van der Waals surface area contributed by atoms with Crippen LogP contribution in [0, 0.1) is 0 Å². The van der Waals surface area contributed by atoms with E-state index in [4.69, 9.17) is 16.3 Å². The predicted molar refractivity (Wildman–Crippen MR) is 80.9 cm³/mol. The van der Waals surface area contributed by atoms with E-state index in [0.29, 0.717) is 0 Å². The van der Waals surface area contributed by atoms with Crippen molar-refractivity contribution in [1.82, 2.24) is 4.90 Å². The maximum Gasteiger partial charge on any atom is 0.0954 e. The summed E-state index contributed by atoms with van der Waals surface area (Å²) in [7, 11) is 2.18. The molecule has 0 N–H and O–H groups in total. The maximum absolute atomic E-state index is 5.94. The largest absolute Gasteiger partial charge is 0.372 e. The van der Waals surface area contributed by atoms with Crippen molar-refractivity contribution in [1.29, 1.82) is 0 Å². The summed E-state index contributed by atoms with van der Waals surface area (Å²) in [5.41, 5.74) is 2.83. The zero-order valence-electron chi connectivity index (χ0n) is 11.8. The fourth-order valence-electron chi connectivity index (χ4n) is 2.66. The minimum Gasteiger partial charge on any atom is -0.372 e. The zero-order valence-corrected chi connectivity index (χ0v) is 12.5. The van der Waals surface area contributed by atoms with Crippen molar-refractivity contribution < 1.29 is 4.74 Å². The van der Waals surface area contributed by atoms with Crippen molar-refractivity contribution in [2.24, 2.45) is 0 Å². The van der Waals surface area contributed by atoms with Gasteiger partial charge in [0.05, 0.1) is 12.7 Å². The average Bonchev–Trinajstić information content (AvgIpc) is 2.44. The Kier molecular flexibility index (Phi) is 6.15. The van der Waals surface area contributed by atoms with Crippen LogP contribution in [-0.4, -0.2) is 37.5 Å². The molecule has 0 aliphatic carbocycles. The molecule has 0 bridgehead atoms. The Morgan fingerprint density at radius 3 is 2.95 bits per heavy atom. The molecule has 0 radical (unpaired) electrons. The number of ether oxygens (including phenoxy) is 1. The first-order valence-corrected chi connectivity index (χ1v) is 7.78. The minimum atomic E-state index is 0.239. The average molecular weight is 282 g/mol. The van der Waals surface area contributed by atoms with E-state index in [1.54, 1.807) is 0 Å². The van der Waals surface area contributed by atoms with Crippen LogP contribution in [0.1, 0.15) is 36.5 Å². The van der Waals surface area contributed by atoms with Crippen molar-refractivity contribution in [3.8, 4) is 0 Å². The zero-order chi connectivity index (χ0) is 13.5. The van der Waals surface area contributed by atoms with Gasteiger partial charge in [0.25, 0.3) is 0 Å². The Morgan fingerprint density at radius 1 is 1.26 bits per heavy atom. The number of unbranched alkanes of at least 4 members (excludes halogenated alkanes) is 2. The van der Waals surface area contributed by atoms with Crippen LogP contribution in [0.5, 0.6) is 0 Å². The van der Waals surface area contributed by atoms with Gasteiger partial charge in [-0.2, -0.15) is 0 Å². The third-order valence-electron chi connectivity index (χ3n) is 3.74. The van der Waals surface area contributed by atoms with Gasteiger partial charge in [-0.1, -0.05) is 30.7 Å². The summed E-state index contributed by atoms with van der Waals surface area (Å²) >= 11 is 5.70. The molecule has 0 saturated heterocycles. The fraction of sp³-hybridized carbons (Fsp3) is 0.625. The number of halogens is 1. The lowest BCUT2D eigenvalue weighted by Gasteiger charge is -2.29. The van der Waals surface area contributed by atoms with Gasteiger partial charge >= 0.3 is 0 Å². The van der Waals surface area contributed by atoms with Crippen molar-refractivity contribution in [3.63, 3.8) is 0 Å². The number of benzene rings is 1. The van der Waals surface area contributed by atoms with E-state index in [1.807, 2.05) is 0 Å². The number of nitrogens with zero attached hydrogens (tertiary/aromatic N) is 1. The summed E-state index contributed by atoms with van der Waals surface area (Å²) in [6.07, 6.45) is 4.85. The summed E-state index contributed by atoms with van der Waals surface area (Å²) < 4.78 is 5.94. The van der Waals surface area contributed by atoms with Crippen LogP contribution in [0.15, 0.2) is 24.3 Å². The molecule has 1 aromatic carbocycles. The first kappa shape index (κ1) is 14.8. The Labute approximate surface area is 121 Å². The van der Waals surface area contributed by atoms with Crippen LogP contribution >= 0.6 is 11.6 Å². The second-order valence-electron chi connectivity index (χ2n) is 5.32. The Bertz CT molecular complexity index is 383. The molecule has 3 heteroatoms. The van der Waals surface area contributed by atoms with Gasteiger partial charge < -0.3 is 9.64 Å². The van der Waals surface area contributed by atoms with E-state index in [-0.39, 0.29) is 6.10 Å². The van der Waals surface area contributed by atoms with E-state index in [9.17, 15) is 0 Å². The van der Waals surface area contributed by atoms with Crippen molar-refractivity contribution in [2.45, 2.75) is 31.8 Å². The van der Waals surface area contributed by atoms with E-state index in [2.05, 4.69) is 36.2 Å². The highest BCUT2D eigenvalue weighted by molar-refractivity contribution is 6.17. The number of hydrogen-bond acceptors (Lipinski definition) is 2. The second-order valence-corrected chi connectivity index (χ2v) is 5.70. The fourth-order valence-corrected chi connectivity index (χ4v) is 2.84. The molecule has 0 saturated carbocycles. The van der Waals surface area contributed by atoms with Crippen LogP contribution in [-0.2, 0) is 11.2 Å². The Balaban J connectivity index is 1.83. The number of fused-ring (bicyclic) bond motifs is 1. The van der Waals surface area contributed by atoms with Gasteiger partial charge in [0.15, 0.2) is 0 Å². The van der Waals surface area contributed by atoms with Gasteiger partial charge in [0.1, 0.15) is 0 Å². The van der Waals surface area contributed by atoms with Crippen LogP contribution in [0.4, 0.5) is 0 Å². The smallest absolute Gasteiger partial charge is 0.0954 e. The Morgan fingerprint density at radius 2 is 2.11 bits per heavy atom. The lowest BCUT2D eigenvalue weighted by atomic mass is 9.97. The highest BCUT2D eigenvalue weighted by Crippen LogP contribution is 2.27. The molecule has 1 heterocycles. The Hall–Kier alpha value is -0.570. The lowest BCUT2D eigenvalue weighted by Crippen LogP contribution is -2.30. The van der Waals surface area contributed by atoms with E-state index in [1.165, 1.54) is 24.0 Å². The number of rotatable bonds is 7. The summed E-state index contributed by atoms with van der Waals surface area (Å²) in [6, 6.07) is 8.67. The van der Waals surface area contributed by atoms with Gasteiger partial charge in [-0.3, -0.25) is 0 Å². The molecule has 1 aromatic rings. The lowest BCUT2D eigenvalue weighted by molar-refractivity contribution is 0.0208. The third-order valence-corrected chi connectivity index (χ3v) is 4.01. The van der Waals surface area contributed by atoms with Crippen molar-refractivity contribution in [3.05, 3.63) is 35.4 Å². The molecule has 19 heavy (non-hydrogen) atoms. The van der Waals surface area contributed by atoms with Crippen LogP contribution in [0.2, 0.25) is 0 Å². The van der Waals surface area contributed by atoms with Crippen LogP contribution in [0.3, 0.4) is 0 Å². The number of alkyl halides is 1. The van der Waals surface area contributed by atoms with Gasteiger partial charge in [-0.15, -0.1) is 11.6 Å². The van der Waals surface area contributed by atoms with E-state index >= 15 is 0 Å². The summed E-state index contributed by atoms with van der Waals surface area (Å²) in [6.45, 7) is 2.96. The van der Waals surface area contributed by atoms with Crippen molar-refractivity contribution in [2.75, 3.05) is 32.6 Å². The highest BCUT2D eigenvalue weighted by Gasteiger charge is 2.21. The molecule has 0 fully saturated rings. The quantitative estimate of drug-likeness (QED) is 0.559. The standard InChI is InChI=1S/C16H24ClNO/c1-18(11-6-2-5-10-17)13-16-15-8-4-3-7-14(15)9-12-19-16/h3-4,7-8,16H,2,5-6,9-13H2,1H3. The van der Waals surface area contributed by atoms with Crippen molar-refractivity contribution >= 4 is 11.6 Å². The monoisotopic (exact) mass is 281 g/mol. The van der Waals surface area contributed by atoms with E-state index in [0.717, 1.165) is 38.4 Å². The molecule has 106 valence electrons. The first-order chi connectivity index (χ1) is 9.31. The SMILES string of the molecule is CN(CCCCCCl)CC1OCCc2ccccc21. The van der Waals surface area contributed by atoms with E-state index < -0.39 is 0 Å². The molecule has 1 atom stereocenters. The molecule has 1 unspecified atom stereocenters. The predicted octanol–water partition coefficient (Wildman–Crippen LogP) is 3.64. The molecule has 0 amide bonds. The molecular formula is C16H24ClNO. The molecule has 0 spiro atoms. The first-order valence-electron chi connectivity index (χ1n) is 7.25. The van der Waals surface area contributed by atoms with Crippen LogP contribution < -0.4 is 0 Å². The van der Waals surface area contributed by atoms with Gasteiger partial charge in [0.2, 0.25) is 0 Å². The second kappa shape index (κ2) is 7.88. The van der Waals surface area contributed by atoms with Gasteiger partial charge in [-0.25, -0.2) is 0 Å². The molecule has 2 nitrogen and oxygen atoms in total. The van der Waals surface area contributed by atoms with Crippen LogP contribution in [0.25, 0.3) is 0 Å². The summed E-state index contributed by atoms with van der Waals surface area (Å²) in [5, 5.41) is 0. The topological polar surface area (TPSA) is 12.5 Å². The van der Waals surface area contributed by atoms with Gasteiger partial charge in [-0.05, 0) is 44.0 Å². The highest BCUT2D eigenvalue weighted by atomic mass is 35.5. The number of hydrogen-bond donors (Lipinski definition) is 0. The third kappa shape index (κ3) is 4.48. The maximum atomic E-state index is 5.94. The molecule has 1 aliphatic heterocycles. The summed E-state index contributed by atoms with van der Waals surface area (Å²) in [5.74, 6) is 0.781. The molecule has 2 rings (SSSR count). The molecular weight excluding hydrogens is 258 g/mol.